The molecule has 1 aliphatic rings. The molecule has 0 amide bonds. The second-order valence-corrected chi connectivity index (χ2v) is 1.09. The summed E-state index contributed by atoms with van der Waals surface area (Å²) in [5.41, 5.74) is 0. The van der Waals surface area contributed by atoms with Gasteiger partial charge in [-0.25, -0.2) is 0 Å². The molecular weight excluding hydrogens is 267 g/mol. The SMILES string of the molecule is C1=CCC=C1.[PbH2]. The van der Waals surface area contributed by atoms with Gasteiger partial charge in [0.1, 0.15) is 0 Å². The van der Waals surface area contributed by atoms with Gasteiger partial charge in [0.25, 0.3) is 0 Å². The van der Waals surface area contributed by atoms with Crippen LogP contribution in [0.25, 0.3) is 0 Å². The monoisotopic (exact) mass is 276 g/mol. The van der Waals surface area contributed by atoms with Crippen molar-refractivity contribution in [2.24, 2.45) is 0 Å². The molecule has 0 aliphatic heterocycles. The zero-order chi connectivity index (χ0) is 3.54. The van der Waals surface area contributed by atoms with Crippen molar-refractivity contribution in [1.29, 1.82) is 0 Å². The Kier molecular flexibility index (Phi) is 3.83. The standard InChI is InChI=1S/C5H6.Pb.2H/c1-2-4-5-3-1;;;/h1-4H,5H2;;;. The summed E-state index contributed by atoms with van der Waals surface area (Å²) in [5, 5.41) is 0. The van der Waals surface area contributed by atoms with Crippen LogP contribution in [-0.2, 0) is 0 Å². The molecule has 0 bridgehead atoms. The average Bonchev–Trinajstić information content (AvgIpc) is 1.76. The second-order valence-electron chi connectivity index (χ2n) is 1.09. The molecule has 0 fully saturated rings. The fraction of sp³-hybridized carbons (Fsp3) is 0.200. The van der Waals surface area contributed by atoms with Crippen LogP contribution in [-0.4, -0.2) is 27.3 Å². The van der Waals surface area contributed by atoms with Crippen LogP contribution in [0.15, 0.2) is 24.3 Å². The first kappa shape index (κ1) is 6.40. The Hall–Kier alpha value is 0.402. The van der Waals surface area contributed by atoms with Crippen LogP contribution in [0.1, 0.15) is 6.42 Å². The van der Waals surface area contributed by atoms with Crippen molar-refractivity contribution >= 4 is 27.3 Å². The number of hydrogen-bond acceptors (Lipinski definition) is 0. The maximum atomic E-state index is 2.12. The van der Waals surface area contributed by atoms with Crippen molar-refractivity contribution < 1.29 is 0 Å². The molecule has 1 aliphatic carbocycles. The summed E-state index contributed by atoms with van der Waals surface area (Å²) in [7, 11) is 0. The zero-order valence-corrected chi connectivity index (χ0v) is 9.22. The van der Waals surface area contributed by atoms with Gasteiger partial charge in [-0.3, -0.25) is 0 Å². The van der Waals surface area contributed by atoms with Crippen molar-refractivity contribution in [3.8, 4) is 0 Å². The minimum atomic E-state index is 0. The molecule has 0 aromatic rings. The molecule has 0 N–H and O–H groups in total. The molecule has 0 unspecified atom stereocenters. The topological polar surface area (TPSA) is 0 Å². The Morgan fingerprint density at radius 3 is 1.67 bits per heavy atom. The average molecular weight is 275 g/mol. The van der Waals surface area contributed by atoms with E-state index in [4.69, 9.17) is 0 Å². The number of hydrogen-bond donors (Lipinski definition) is 0. The molecule has 1 heteroatoms. The Balaban J connectivity index is 0.000000250. The summed E-state index contributed by atoms with van der Waals surface area (Å²) < 4.78 is 0. The zero-order valence-electron chi connectivity index (χ0n) is 3.72. The van der Waals surface area contributed by atoms with E-state index in [0.29, 0.717) is 0 Å². The molecule has 0 saturated heterocycles. The first-order valence-corrected chi connectivity index (χ1v) is 1.82. The van der Waals surface area contributed by atoms with Crippen LogP contribution in [0.4, 0.5) is 0 Å². The summed E-state index contributed by atoms with van der Waals surface area (Å²) in [6.07, 6.45) is 9.50. The molecule has 2 radical (unpaired) electrons. The quantitative estimate of drug-likeness (QED) is 0.568. The van der Waals surface area contributed by atoms with Crippen molar-refractivity contribution in [2.45, 2.75) is 6.42 Å². The van der Waals surface area contributed by atoms with Gasteiger partial charge in [-0.15, -0.1) is 0 Å². The van der Waals surface area contributed by atoms with E-state index >= 15 is 0 Å². The fourth-order valence-corrected chi connectivity index (χ4v) is 0.393. The van der Waals surface area contributed by atoms with Crippen LogP contribution < -0.4 is 0 Å². The predicted octanol–water partition coefficient (Wildman–Crippen LogP) is 0.586. The van der Waals surface area contributed by atoms with Gasteiger partial charge in [0.2, 0.25) is 0 Å². The fourth-order valence-electron chi connectivity index (χ4n) is 0.393. The van der Waals surface area contributed by atoms with Crippen molar-refractivity contribution in [2.75, 3.05) is 0 Å². The molecule has 0 aromatic heterocycles. The third-order valence-corrected chi connectivity index (χ3v) is 0.655. The Bertz CT molecular complexity index is 62.0. The van der Waals surface area contributed by atoms with E-state index in [1.807, 2.05) is 0 Å². The molecule has 0 spiro atoms. The van der Waals surface area contributed by atoms with Gasteiger partial charge in [0, 0.05) is 0 Å². The molecule has 0 atom stereocenters. The van der Waals surface area contributed by atoms with Gasteiger partial charge >= 0.3 is 27.3 Å². The first-order valence-electron chi connectivity index (χ1n) is 1.82. The van der Waals surface area contributed by atoms with E-state index in [1.165, 1.54) is 0 Å². The van der Waals surface area contributed by atoms with E-state index in [9.17, 15) is 0 Å². The van der Waals surface area contributed by atoms with Crippen LogP contribution in [0.2, 0.25) is 0 Å². The maximum absolute atomic E-state index is 2.12. The van der Waals surface area contributed by atoms with E-state index in [2.05, 4.69) is 24.3 Å². The van der Waals surface area contributed by atoms with Crippen LogP contribution in [0.3, 0.4) is 0 Å². The van der Waals surface area contributed by atoms with Crippen LogP contribution in [0.5, 0.6) is 0 Å². The van der Waals surface area contributed by atoms with E-state index in [-0.39, 0.29) is 27.3 Å². The van der Waals surface area contributed by atoms with E-state index < -0.39 is 0 Å². The molecule has 6 heavy (non-hydrogen) atoms. The summed E-state index contributed by atoms with van der Waals surface area (Å²) in [6.45, 7) is 0. The predicted molar refractivity (Wildman–Crippen MR) is 31.4 cm³/mol. The summed E-state index contributed by atoms with van der Waals surface area (Å²) in [6, 6.07) is 0. The molecule has 32 valence electrons. The number of allylic oxidation sites excluding steroid dienone is 4. The van der Waals surface area contributed by atoms with Gasteiger partial charge in [-0.05, 0) is 6.42 Å². The van der Waals surface area contributed by atoms with Gasteiger partial charge in [0.15, 0.2) is 0 Å². The van der Waals surface area contributed by atoms with Crippen molar-refractivity contribution in [1.82, 2.24) is 0 Å². The third-order valence-electron chi connectivity index (χ3n) is 0.655. The summed E-state index contributed by atoms with van der Waals surface area (Å²) in [5.74, 6) is 0. The molecular formula is C5H8Pb. The normalized spacial score (nSPS) is 14.7. The van der Waals surface area contributed by atoms with E-state index in [1.54, 1.807) is 0 Å². The molecule has 0 nitrogen and oxygen atoms in total. The molecule has 0 aromatic carbocycles. The van der Waals surface area contributed by atoms with Gasteiger partial charge in [0.05, 0.1) is 0 Å². The van der Waals surface area contributed by atoms with Crippen LogP contribution in [0, 0.1) is 0 Å². The molecule has 0 heterocycles. The van der Waals surface area contributed by atoms with Crippen molar-refractivity contribution in [3.63, 3.8) is 0 Å². The molecule has 0 saturated carbocycles. The van der Waals surface area contributed by atoms with Crippen LogP contribution >= 0.6 is 0 Å². The first-order chi connectivity index (χ1) is 2.50. The number of rotatable bonds is 0. The van der Waals surface area contributed by atoms with E-state index in [0.717, 1.165) is 6.42 Å². The van der Waals surface area contributed by atoms with Gasteiger partial charge < -0.3 is 0 Å². The summed E-state index contributed by atoms with van der Waals surface area (Å²) in [4.78, 5) is 0. The van der Waals surface area contributed by atoms with Crippen molar-refractivity contribution in [3.05, 3.63) is 24.3 Å². The Morgan fingerprint density at radius 1 is 1.00 bits per heavy atom. The Morgan fingerprint density at radius 2 is 1.50 bits per heavy atom. The Labute approximate surface area is 58.1 Å². The summed E-state index contributed by atoms with van der Waals surface area (Å²) >= 11 is 0. The molecule has 1 rings (SSSR count). The minimum absolute atomic E-state index is 0. The second kappa shape index (κ2) is 3.59. The third kappa shape index (κ3) is 1.75. The van der Waals surface area contributed by atoms with Gasteiger partial charge in [-0.2, -0.15) is 0 Å². The van der Waals surface area contributed by atoms with Gasteiger partial charge in [-0.1, -0.05) is 24.3 Å².